The van der Waals surface area contributed by atoms with Crippen molar-refractivity contribution in [2.24, 2.45) is 34.8 Å². The second-order valence-electron chi connectivity index (χ2n) is 18.4. The highest BCUT2D eigenvalue weighted by Gasteiger charge is 2.40. The molecule has 1 heterocycles. The Hall–Kier alpha value is -7.03. The standard InChI is InChI=1S/C46H73N13O13S/c1-7-23(4)37(58-43(69)30(55-39(65)24(5)47)18-26-10-12-27(60)13-11-26)45(71)54-28(14-15-34(48)61)41(67)56-31(19-35(49)62)42(68)52-25(6)46(72)59-16-8-9-33(59)44(70)57-29(17-22(2)3)40(66)51-20-36(63)53-32(21-73)38(50)64/h10-13,22-25,28-33,37,60,73H,7-9,14-21,47H2,1-6H3,(H2,48,61)(H2,49,62)(H2,50,64)(H,51,66)(H,52,68)(H,53,63)(H,54,71)(H,55,65)(H,56,67)(H,57,70)(H,58,69)/t23-,24-,25-,28-,29-,30-,31-,32-,33-,37-/m0/s1. The number of rotatable bonds is 30. The first-order valence-corrected chi connectivity index (χ1v) is 24.5. The highest BCUT2D eigenvalue weighted by molar-refractivity contribution is 7.80. The minimum absolute atomic E-state index is 0.0387. The van der Waals surface area contributed by atoms with Crippen LogP contribution < -0.4 is 65.5 Å². The number of aromatic hydroxyl groups is 1. The Bertz CT molecular complexity index is 2160. The van der Waals surface area contributed by atoms with E-state index in [1.54, 1.807) is 27.7 Å². The van der Waals surface area contributed by atoms with E-state index in [4.69, 9.17) is 22.9 Å². The summed E-state index contributed by atoms with van der Waals surface area (Å²) in [6.07, 6.45) is -0.731. The maximum absolute atomic E-state index is 14.0. The fourth-order valence-electron chi connectivity index (χ4n) is 7.48. The van der Waals surface area contributed by atoms with E-state index in [0.717, 1.165) is 0 Å². The lowest BCUT2D eigenvalue weighted by Crippen LogP contribution is -2.61. The molecule has 0 bridgehead atoms. The molecule has 406 valence electrons. The molecule has 0 aromatic heterocycles. The fraction of sp³-hybridized carbons (Fsp3) is 0.609. The van der Waals surface area contributed by atoms with Crippen LogP contribution in [0.5, 0.6) is 5.75 Å². The predicted octanol–water partition coefficient (Wildman–Crippen LogP) is -4.55. The third-order valence-corrected chi connectivity index (χ3v) is 12.1. The molecule has 1 fully saturated rings. The van der Waals surface area contributed by atoms with Gasteiger partial charge in [0, 0.05) is 25.1 Å². The molecule has 0 spiro atoms. The van der Waals surface area contributed by atoms with E-state index >= 15 is 0 Å². The largest absolute Gasteiger partial charge is 0.508 e. The monoisotopic (exact) mass is 1050 g/mol. The minimum atomic E-state index is -1.75. The Labute approximate surface area is 428 Å². The SMILES string of the molecule is CC[C@H](C)[C@H](NC(=O)[C@H](Cc1ccc(O)cc1)NC(=O)[C@H](C)N)C(=O)N[C@@H](CCC(N)=O)C(=O)N[C@@H](CC(N)=O)C(=O)N[C@@H](C)C(=O)N1CCC[C@H]1C(=O)N[C@@H](CC(C)C)C(=O)NCC(=O)N[C@@H](CS)C(N)=O. The van der Waals surface area contributed by atoms with Gasteiger partial charge in [-0.2, -0.15) is 12.6 Å². The number of hydrogen-bond donors (Lipinski definition) is 14. The number of phenolic OH excluding ortho intramolecular Hbond substituents is 1. The summed E-state index contributed by atoms with van der Waals surface area (Å²) in [4.78, 5) is 158. The summed E-state index contributed by atoms with van der Waals surface area (Å²) < 4.78 is 0. The molecule has 0 unspecified atom stereocenters. The Morgan fingerprint density at radius 2 is 1.29 bits per heavy atom. The Morgan fingerprint density at radius 1 is 0.699 bits per heavy atom. The second kappa shape index (κ2) is 30.1. The number of nitrogens with one attached hydrogen (secondary N) is 8. The summed E-state index contributed by atoms with van der Waals surface area (Å²) in [5, 5.41) is 29.6. The van der Waals surface area contributed by atoms with Gasteiger partial charge in [0.05, 0.1) is 19.0 Å². The van der Waals surface area contributed by atoms with Crippen molar-refractivity contribution in [3.8, 4) is 5.75 Å². The summed E-state index contributed by atoms with van der Waals surface area (Å²) in [7, 11) is 0. The molecule has 1 saturated heterocycles. The number of benzene rings is 1. The van der Waals surface area contributed by atoms with Gasteiger partial charge in [0.1, 0.15) is 54.1 Å². The number of nitrogens with two attached hydrogens (primary N) is 4. The molecule has 17 N–H and O–H groups in total. The quantitative estimate of drug-likeness (QED) is 0.0323. The van der Waals surface area contributed by atoms with Crippen LogP contribution in [0, 0.1) is 11.8 Å². The molecule has 10 atom stereocenters. The smallest absolute Gasteiger partial charge is 0.245 e. The lowest BCUT2D eigenvalue weighted by Gasteiger charge is -2.30. The van der Waals surface area contributed by atoms with Crippen LogP contribution in [-0.2, 0) is 64.0 Å². The van der Waals surface area contributed by atoms with E-state index in [1.807, 2.05) is 0 Å². The normalized spacial score (nSPS) is 16.8. The van der Waals surface area contributed by atoms with Crippen LogP contribution in [-0.4, -0.2) is 154 Å². The Morgan fingerprint density at radius 3 is 1.84 bits per heavy atom. The number of phenols is 1. The molecule has 1 aromatic carbocycles. The Kier molecular flexibility index (Phi) is 25.6. The van der Waals surface area contributed by atoms with Crippen molar-refractivity contribution in [1.29, 1.82) is 0 Å². The number of hydrogen-bond acceptors (Lipinski definition) is 15. The molecular formula is C46H73N13O13S. The summed E-state index contributed by atoms with van der Waals surface area (Å²) in [5.74, 6) is -11.0. The van der Waals surface area contributed by atoms with Gasteiger partial charge >= 0.3 is 0 Å². The first-order chi connectivity index (χ1) is 34.2. The molecular weight excluding hydrogens is 975 g/mol. The van der Waals surface area contributed by atoms with Crippen LogP contribution in [0.1, 0.15) is 92.1 Å². The zero-order valence-corrected chi connectivity index (χ0v) is 42.9. The fourth-order valence-corrected chi connectivity index (χ4v) is 7.75. The maximum Gasteiger partial charge on any atom is 0.245 e. The number of carbonyl (C=O) groups excluding carboxylic acids is 12. The van der Waals surface area contributed by atoms with Gasteiger partial charge in [-0.3, -0.25) is 57.5 Å². The average Bonchev–Trinajstić information content (AvgIpc) is 3.82. The van der Waals surface area contributed by atoms with E-state index in [9.17, 15) is 62.6 Å². The van der Waals surface area contributed by atoms with Crippen LogP contribution in [0.4, 0.5) is 0 Å². The number of thiol groups is 1. The van der Waals surface area contributed by atoms with Gasteiger partial charge in [0.15, 0.2) is 0 Å². The van der Waals surface area contributed by atoms with E-state index in [0.29, 0.717) is 18.4 Å². The number of primary amides is 3. The number of amides is 12. The molecule has 27 heteroatoms. The van der Waals surface area contributed by atoms with Gasteiger partial charge in [0.25, 0.3) is 0 Å². The van der Waals surface area contributed by atoms with Gasteiger partial charge < -0.3 is 75.5 Å². The van der Waals surface area contributed by atoms with Gasteiger partial charge in [0.2, 0.25) is 70.9 Å². The molecule has 1 aliphatic rings. The lowest BCUT2D eigenvalue weighted by molar-refractivity contribution is -0.142. The third kappa shape index (κ3) is 20.9. The maximum atomic E-state index is 14.0. The van der Waals surface area contributed by atoms with Gasteiger partial charge in [-0.05, 0) is 69.1 Å². The average molecular weight is 1050 g/mol. The zero-order valence-electron chi connectivity index (χ0n) is 42.0. The van der Waals surface area contributed by atoms with Crippen molar-refractivity contribution in [1.82, 2.24) is 47.4 Å². The van der Waals surface area contributed by atoms with Crippen molar-refractivity contribution < 1.29 is 62.6 Å². The van der Waals surface area contributed by atoms with E-state index in [1.165, 1.54) is 43.0 Å². The highest BCUT2D eigenvalue weighted by Crippen LogP contribution is 2.20. The van der Waals surface area contributed by atoms with Crippen molar-refractivity contribution >= 4 is 83.5 Å². The molecule has 2 rings (SSSR count). The number of carbonyl (C=O) groups is 12. The molecule has 1 aromatic rings. The second-order valence-corrected chi connectivity index (χ2v) is 18.8. The van der Waals surface area contributed by atoms with Crippen molar-refractivity contribution in [2.45, 2.75) is 147 Å². The first kappa shape index (κ1) is 62.1. The van der Waals surface area contributed by atoms with E-state index in [2.05, 4.69) is 55.2 Å². The van der Waals surface area contributed by atoms with Crippen LogP contribution in [0.2, 0.25) is 0 Å². The van der Waals surface area contributed by atoms with E-state index < -0.39 is 157 Å². The van der Waals surface area contributed by atoms with Crippen LogP contribution in [0.3, 0.4) is 0 Å². The van der Waals surface area contributed by atoms with Crippen molar-refractivity contribution in [3.63, 3.8) is 0 Å². The van der Waals surface area contributed by atoms with Crippen LogP contribution >= 0.6 is 12.6 Å². The number of likely N-dealkylation sites (tertiary alicyclic amines) is 1. The summed E-state index contributed by atoms with van der Waals surface area (Å²) in [6, 6.07) is -5.82. The van der Waals surface area contributed by atoms with E-state index in [-0.39, 0.29) is 43.2 Å². The van der Waals surface area contributed by atoms with Crippen LogP contribution in [0.15, 0.2) is 24.3 Å². The molecule has 0 saturated carbocycles. The molecule has 12 amide bonds. The lowest BCUT2D eigenvalue weighted by atomic mass is 9.96. The molecule has 0 radical (unpaired) electrons. The molecule has 26 nitrogen and oxygen atoms in total. The summed E-state index contributed by atoms with van der Waals surface area (Å²) in [5.41, 5.74) is 22.4. The van der Waals surface area contributed by atoms with Gasteiger partial charge in [-0.1, -0.05) is 46.2 Å². The summed E-state index contributed by atoms with van der Waals surface area (Å²) in [6.45, 7) is 9.18. The number of nitrogens with zero attached hydrogens (tertiary/aromatic N) is 1. The van der Waals surface area contributed by atoms with Crippen LogP contribution in [0.25, 0.3) is 0 Å². The molecule has 1 aliphatic heterocycles. The predicted molar refractivity (Wildman–Crippen MR) is 267 cm³/mol. The van der Waals surface area contributed by atoms with Crippen molar-refractivity contribution in [3.05, 3.63) is 29.8 Å². The topological polar surface area (TPSA) is 429 Å². The third-order valence-electron chi connectivity index (χ3n) is 11.8. The first-order valence-electron chi connectivity index (χ1n) is 23.9. The molecule has 0 aliphatic carbocycles. The zero-order chi connectivity index (χ0) is 55.3. The minimum Gasteiger partial charge on any atom is -0.508 e. The van der Waals surface area contributed by atoms with Gasteiger partial charge in [-0.25, -0.2) is 0 Å². The molecule has 73 heavy (non-hydrogen) atoms. The summed E-state index contributed by atoms with van der Waals surface area (Å²) >= 11 is 3.96. The van der Waals surface area contributed by atoms with Gasteiger partial charge in [-0.15, -0.1) is 0 Å². The van der Waals surface area contributed by atoms with Crippen molar-refractivity contribution in [2.75, 3.05) is 18.8 Å². The Balaban J connectivity index is 2.27. The highest BCUT2D eigenvalue weighted by atomic mass is 32.1.